The second-order valence-corrected chi connectivity index (χ2v) is 6.67. The number of aromatic amines is 1. The van der Waals surface area contributed by atoms with Crippen molar-refractivity contribution in [2.45, 2.75) is 18.6 Å². The summed E-state index contributed by atoms with van der Waals surface area (Å²) in [6, 6.07) is 14.5. The lowest BCUT2D eigenvalue weighted by Crippen LogP contribution is -2.34. The van der Waals surface area contributed by atoms with E-state index in [9.17, 15) is 9.90 Å². The number of carbonyl (C=O) groups excluding carboxylic acids is 1. The van der Waals surface area contributed by atoms with Crippen molar-refractivity contribution in [3.05, 3.63) is 71.5 Å². The smallest absolute Gasteiger partial charge is 0.274 e. The maximum Gasteiger partial charge on any atom is 0.274 e. The van der Waals surface area contributed by atoms with Crippen molar-refractivity contribution in [1.29, 1.82) is 0 Å². The van der Waals surface area contributed by atoms with Gasteiger partial charge in [0.15, 0.2) is 11.5 Å². The predicted molar refractivity (Wildman–Crippen MR) is 98.0 cm³/mol. The number of carbonyl (C=O) groups is 1. The molecule has 0 spiro atoms. The summed E-state index contributed by atoms with van der Waals surface area (Å²) in [5, 5.41) is 24.9. The van der Waals surface area contributed by atoms with Crippen LogP contribution in [0.1, 0.15) is 27.7 Å². The van der Waals surface area contributed by atoms with Crippen molar-refractivity contribution in [1.82, 2.24) is 20.7 Å². The summed E-state index contributed by atoms with van der Waals surface area (Å²) in [4.78, 5) is 12.6. The molecule has 0 aliphatic heterocycles. The van der Waals surface area contributed by atoms with Crippen LogP contribution in [0.5, 0.6) is 0 Å². The van der Waals surface area contributed by atoms with Crippen LogP contribution in [0, 0.1) is 0 Å². The number of benzene rings is 2. The molecule has 2 heterocycles. The van der Waals surface area contributed by atoms with Crippen LogP contribution in [0.25, 0.3) is 22.2 Å². The van der Waals surface area contributed by atoms with Crippen molar-refractivity contribution in [3.63, 3.8) is 0 Å². The summed E-state index contributed by atoms with van der Waals surface area (Å²) in [6.07, 6.45) is 1.60. The van der Waals surface area contributed by atoms with E-state index in [4.69, 9.17) is 4.52 Å². The van der Waals surface area contributed by atoms with Gasteiger partial charge in [0.1, 0.15) is 0 Å². The highest BCUT2D eigenvalue weighted by molar-refractivity contribution is 5.94. The van der Waals surface area contributed by atoms with Crippen LogP contribution in [0.15, 0.2) is 59.3 Å². The van der Waals surface area contributed by atoms with E-state index in [2.05, 4.69) is 20.7 Å². The van der Waals surface area contributed by atoms with Gasteiger partial charge in [0.2, 0.25) is 0 Å². The monoisotopic (exact) mass is 360 g/mol. The Balaban J connectivity index is 1.39. The molecule has 1 aliphatic carbocycles. The van der Waals surface area contributed by atoms with Crippen LogP contribution in [-0.4, -0.2) is 32.5 Å². The normalized spacial score (nSPS) is 18.6. The van der Waals surface area contributed by atoms with Gasteiger partial charge in [-0.3, -0.25) is 9.89 Å². The van der Waals surface area contributed by atoms with Crippen LogP contribution in [0.4, 0.5) is 0 Å². The van der Waals surface area contributed by atoms with Crippen molar-refractivity contribution in [2.75, 3.05) is 0 Å². The van der Waals surface area contributed by atoms with Crippen molar-refractivity contribution in [3.8, 4) is 11.3 Å². The maximum absolute atomic E-state index is 12.6. The lowest BCUT2D eigenvalue weighted by Gasteiger charge is -2.16. The fraction of sp³-hybridized carbons (Fsp3) is 0.150. The number of H-pyrrole nitrogens is 1. The summed E-state index contributed by atoms with van der Waals surface area (Å²) in [7, 11) is 0. The summed E-state index contributed by atoms with van der Waals surface area (Å²) in [5.74, 6) is 0.116. The van der Waals surface area contributed by atoms with Crippen molar-refractivity contribution >= 4 is 16.8 Å². The molecule has 0 radical (unpaired) electrons. The molecule has 3 N–H and O–H groups in total. The molecule has 2 aromatic heterocycles. The second kappa shape index (κ2) is 6.07. The highest BCUT2D eigenvalue weighted by atomic mass is 16.5. The third kappa shape index (κ3) is 2.69. The molecule has 0 saturated heterocycles. The van der Waals surface area contributed by atoms with Gasteiger partial charge < -0.3 is 14.9 Å². The molecule has 5 rings (SSSR count). The fourth-order valence-electron chi connectivity index (χ4n) is 3.58. The Morgan fingerprint density at radius 3 is 3.04 bits per heavy atom. The molecule has 27 heavy (non-hydrogen) atoms. The molecule has 0 fully saturated rings. The Hall–Kier alpha value is -3.45. The average molecular weight is 360 g/mol. The van der Waals surface area contributed by atoms with Gasteiger partial charge in [0.05, 0.1) is 23.9 Å². The Morgan fingerprint density at radius 2 is 2.11 bits per heavy atom. The molecule has 0 unspecified atom stereocenters. The van der Waals surface area contributed by atoms with Gasteiger partial charge in [-0.25, -0.2) is 0 Å². The zero-order valence-electron chi connectivity index (χ0n) is 14.2. The number of nitrogens with one attached hydrogen (secondary N) is 2. The van der Waals surface area contributed by atoms with Gasteiger partial charge in [-0.2, -0.15) is 5.10 Å². The van der Waals surface area contributed by atoms with Gasteiger partial charge >= 0.3 is 0 Å². The minimum atomic E-state index is -0.652. The van der Waals surface area contributed by atoms with E-state index in [0.717, 1.165) is 27.6 Å². The largest absolute Gasteiger partial charge is 0.390 e. The maximum atomic E-state index is 12.6. The Kier molecular flexibility index (Phi) is 3.54. The number of amides is 1. The minimum Gasteiger partial charge on any atom is -0.390 e. The van der Waals surface area contributed by atoms with E-state index in [-0.39, 0.29) is 11.6 Å². The molecule has 1 amide bonds. The first-order valence-corrected chi connectivity index (χ1v) is 8.66. The van der Waals surface area contributed by atoms with Crippen LogP contribution < -0.4 is 5.32 Å². The molecule has 2 atom stereocenters. The number of fused-ring (bicyclic) bond motifs is 2. The third-order valence-corrected chi connectivity index (χ3v) is 4.96. The number of rotatable bonds is 3. The number of aliphatic hydroxyl groups is 1. The zero-order chi connectivity index (χ0) is 18.4. The molecule has 0 bridgehead atoms. The van der Waals surface area contributed by atoms with Crippen LogP contribution in [-0.2, 0) is 6.42 Å². The van der Waals surface area contributed by atoms with Gasteiger partial charge in [-0.05, 0) is 29.3 Å². The summed E-state index contributed by atoms with van der Waals surface area (Å²) in [5.41, 5.74) is 3.89. The van der Waals surface area contributed by atoms with E-state index in [1.54, 1.807) is 12.3 Å². The van der Waals surface area contributed by atoms with Crippen LogP contribution >= 0.6 is 0 Å². The molecular weight excluding hydrogens is 344 g/mol. The topological polar surface area (TPSA) is 104 Å². The first-order valence-electron chi connectivity index (χ1n) is 8.66. The highest BCUT2D eigenvalue weighted by Crippen LogP contribution is 2.31. The Labute approximate surface area is 154 Å². The molecular formula is C20H16N4O3. The number of aromatic nitrogens is 3. The Bertz CT molecular complexity index is 1150. The lowest BCUT2D eigenvalue weighted by atomic mass is 10.1. The summed E-state index contributed by atoms with van der Waals surface area (Å²) in [6.45, 7) is 0. The molecule has 7 heteroatoms. The second-order valence-electron chi connectivity index (χ2n) is 6.67. The number of aliphatic hydroxyl groups excluding tert-OH is 1. The van der Waals surface area contributed by atoms with Gasteiger partial charge in [-0.1, -0.05) is 29.4 Å². The number of nitrogens with zero attached hydrogens (tertiary/aromatic N) is 2. The molecule has 1 aliphatic rings. The van der Waals surface area contributed by atoms with E-state index < -0.39 is 12.1 Å². The van der Waals surface area contributed by atoms with E-state index in [1.165, 1.54) is 0 Å². The first-order chi connectivity index (χ1) is 13.2. The fourth-order valence-corrected chi connectivity index (χ4v) is 3.58. The van der Waals surface area contributed by atoms with E-state index in [0.29, 0.717) is 12.2 Å². The quantitative estimate of drug-likeness (QED) is 0.521. The van der Waals surface area contributed by atoms with Gasteiger partial charge in [0.25, 0.3) is 5.91 Å². The lowest BCUT2D eigenvalue weighted by molar-refractivity contribution is 0.0849. The van der Waals surface area contributed by atoms with Gasteiger partial charge in [0, 0.05) is 23.4 Å². The van der Waals surface area contributed by atoms with Crippen LogP contribution in [0.3, 0.4) is 0 Å². The number of hydrogen-bond acceptors (Lipinski definition) is 5. The minimum absolute atomic E-state index is 0.175. The Morgan fingerprint density at radius 1 is 1.22 bits per heavy atom. The zero-order valence-corrected chi connectivity index (χ0v) is 14.2. The van der Waals surface area contributed by atoms with Crippen LogP contribution in [0.2, 0.25) is 0 Å². The SMILES string of the molecule is O=C(N[C@@H]1c2ccccc2C[C@@H]1O)c1cc(-c2ccc3[nH]ncc3c2)on1. The standard InChI is InChI=1S/C20H16N4O3/c25-17-8-11-3-1-2-4-14(11)19(17)22-20(26)16-9-18(27-24-16)12-5-6-15-13(7-12)10-21-23-15/h1-7,9-10,17,19,25H,8H2,(H,21,23)(H,22,26)/t17-,19+/m0/s1. The van der Waals surface area contributed by atoms with Gasteiger partial charge in [-0.15, -0.1) is 0 Å². The summed E-state index contributed by atoms with van der Waals surface area (Å²) < 4.78 is 5.35. The molecule has 7 nitrogen and oxygen atoms in total. The molecule has 4 aromatic rings. The third-order valence-electron chi connectivity index (χ3n) is 4.96. The van der Waals surface area contributed by atoms with Crippen molar-refractivity contribution in [2.24, 2.45) is 0 Å². The molecule has 134 valence electrons. The van der Waals surface area contributed by atoms with E-state index >= 15 is 0 Å². The molecule has 0 saturated carbocycles. The predicted octanol–water partition coefficient (Wildman–Crippen LogP) is 2.61. The van der Waals surface area contributed by atoms with E-state index in [1.807, 2.05) is 42.5 Å². The van der Waals surface area contributed by atoms with Crippen molar-refractivity contribution < 1.29 is 14.4 Å². The summed E-state index contributed by atoms with van der Waals surface area (Å²) >= 11 is 0. The number of hydrogen-bond donors (Lipinski definition) is 3. The average Bonchev–Trinajstić information content (AvgIpc) is 3.40. The molecule has 2 aromatic carbocycles. The highest BCUT2D eigenvalue weighted by Gasteiger charge is 2.32. The first kappa shape index (κ1) is 15.8.